The fourth-order valence-corrected chi connectivity index (χ4v) is 19.0. The number of cyclic esters (lactones) is 1. The van der Waals surface area contributed by atoms with Crippen molar-refractivity contribution in [2.75, 3.05) is 99.3 Å². The molecule has 0 saturated heterocycles. The molecule has 5 aliphatic heterocycles. The number of hydrogen-bond donors (Lipinski definition) is 2. The number of carbonyl (C=O) groups is 3. The Bertz CT molecular complexity index is 6490. The third-order valence-corrected chi connectivity index (χ3v) is 26.9. The predicted molar refractivity (Wildman–Crippen MR) is 527 cm³/mol. The van der Waals surface area contributed by atoms with E-state index in [4.69, 9.17) is 79.6 Å². The Morgan fingerprint density at radius 3 is 1.38 bits per heavy atom. The first-order valence-electron chi connectivity index (χ1n) is 44.0. The molecule has 0 saturated carbocycles. The first kappa shape index (κ1) is 93.0. The van der Waals surface area contributed by atoms with Crippen molar-refractivity contribution in [3.63, 3.8) is 0 Å². The van der Waals surface area contributed by atoms with E-state index in [1.807, 2.05) is 156 Å². The van der Waals surface area contributed by atoms with Gasteiger partial charge >= 0.3 is 24.1 Å². The summed E-state index contributed by atoms with van der Waals surface area (Å²) >= 11 is 26.8. The SMILES string of the molecule is CCN(C)c1ccc2c(c1)Oc1cc(C)c(Nc3ccccc3)cc1C21Cc2ccccc2C(=O)O1.CCN(CC)c1ccc2c(c1)Oc1ccc(Nc3cccc(C(F)(F)F)c3)cc1C21Cc2ccccc2C(=O)O1.COc1ccc(C/C(=C\C2(/C=C(\Cc3ccc(OC)cc3)Cc3ccc(N(C)C)cc3)Cc3c(Cl)c(Cl)c(Cl)c(Cl)c3C(=O)O2)Cc2ccc(N(C)C)cc2)cc1. The van der Waals surface area contributed by atoms with Crippen LogP contribution < -0.4 is 49.2 Å². The number of alkyl halides is 3. The van der Waals surface area contributed by atoms with E-state index < -0.39 is 40.5 Å². The number of para-hydroxylation sites is 1. The van der Waals surface area contributed by atoms with Crippen molar-refractivity contribution < 1.29 is 60.7 Å². The monoisotopic (exact) mass is 1860 g/mol. The van der Waals surface area contributed by atoms with Gasteiger partial charge in [0, 0.05) is 154 Å². The van der Waals surface area contributed by atoms with Crippen LogP contribution in [0, 0.1) is 6.92 Å². The third kappa shape index (κ3) is 19.8. The van der Waals surface area contributed by atoms with E-state index in [9.17, 15) is 27.6 Å². The minimum Gasteiger partial charge on any atom is -0.497 e. The Morgan fingerprint density at radius 2 is 0.872 bits per heavy atom. The molecule has 0 radical (unpaired) electrons. The number of allylic oxidation sites excluding steroid dienone is 2. The van der Waals surface area contributed by atoms with Crippen LogP contribution in [0.3, 0.4) is 0 Å². The molecule has 16 nitrogen and oxygen atoms in total. The number of benzene rings is 13. The zero-order valence-electron chi connectivity index (χ0n) is 75.6. The van der Waals surface area contributed by atoms with Crippen LogP contribution in [-0.2, 0) is 76.5 Å². The van der Waals surface area contributed by atoms with Crippen molar-refractivity contribution >= 4 is 110 Å². The molecule has 2 atom stereocenters. The second-order valence-corrected chi connectivity index (χ2v) is 35.7. The summed E-state index contributed by atoms with van der Waals surface area (Å²) in [5, 5.41) is 6.91. The topological polar surface area (TPSA) is 153 Å². The number of rotatable bonds is 23. The maximum Gasteiger partial charge on any atom is 0.416 e. The van der Waals surface area contributed by atoms with Crippen LogP contribution in [-0.4, -0.2) is 92.6 Å². The van der Waals surface area contributed by atoms with Gasteiger partial charge in [-0.3, -0.25) is 0 Å². The summed E-state index contributed by atoms with van der Waals surface area (Å²) in [5.74, 6) is 2.70. The molecule has 13 aromatic carbocycles. The highest BCUT2D eigenvalue weighted by Crippen LogP contribution is 2.58. The third-order valence-electron chi connectivity index (χ3n) is 25.0. The summed E-state index contributed by atoms with van der Waals surface area (Å²) in [6, 6.07) is 84.6. The lowest BCUT2D eigenvalue weighted by Crippen LogP contribution is -2.42. The van der Waals surface area contributed by atoms with Crippen LogP contribution in [0.1, 0.15) is 124 Å². The summed E-state index contributed by atoms with van der Waals surface area (Å²) in [4.78, 5) is 49.5. The van der Waals surface area contributed by atoms with Gasteiger partial charge in [-0.1, -0.05) is 167 Å². The van der Waals surface area contributed by atoms with E-state index in [1.54, 1.807) is 50.6 Å². The number of esters is 3. The maximum atomic E-state index is 14.3. The Labute approximate surface area is 794 Å². The van der Waals surface area contributed by atoms with Gasteiger partial charge in [0.15, 0.2) is 16.8 Å². The van der Waals surface area contributed by atoms with Gasteiger partial charge in [0.05, 0.1) is 56.6 Å². The molecule has 2 N–H and O–H groups in total. The number of ether oxygens (including phenoxy) is 7. The summed E-state index contributed by atoms with van der Waals surface area (Å²) < 4.78 is 83.0. The van der Waals surface area contributed by atoms with Crippen LogP contribution in [0.4, 0.5) is 58.7 Å². The number of nitrogens with one attached hydrogen (secondary N) is 2. The van der Waals surface area contributed by atoms with Crippen LogP contribution in [0.15, 0.2) is 290 Å². The van der Waals surface area contributed by atoms with Gasteiger partial charge in [-0.05, 0) is 256 Å². The molecule has 18 rings (SSSR count). The molecule has 5 aliphatic rings. The van der Waals surface area contributed by atoms with Gasteiger partial charge in [0.25, 0.3) is 0 Å². The number of methoxy groups -OCH3 is 2. The van der Waals surface area contributed by atoms with Crippen molar-refractivity contribution in [2.45, 2.75) is 95.6 Å². The zero-order valence-corrected chi connectivity index (χ0v) is 78.7. The number of hydrogen-bond acceptors (Lipinski definition) is 16. The second-order valence-electron chi connectivity index (χ2n) is 34.2. The van der Waals surface area contributed by atoms with Crippen LogP contribution >= 0.6 is 46.4 Å². The van der Waals surface area contributed by atoms with Crippen LogP contribution in [0.25, 0.3) is 0 Å². The molecule has 680 valence electrons. The van der Waals surface area contributed by atoms with Crippen LogP contribution in [0.2, 0.25) is 20.1 Å². The van der Waals surface area contributed by atoms with E-state index in [0.717, 1.165) is 150 Å². The van der Waals surface area contributed by atoms with Gasteiger partial charge in [-0.15, -0.1) is 0 Å². The first-order valence-corrected chi connectivity index (χ1v) is 45.6. The van der Waals surface area contributed by atoms with E-state index >= 15 is 0 Å². The molecule has 2 spiro atoms. The fraction of sp³-hybridized carbons (Fsp3) is 0.227. The highest BCUT2D eigenvalue weighted by Gasteiger charge is 2.52. The summed E-state index contributed by atoms with van der Waals surface area (Å²) in [6.07, 6.45) is 3.17. The van der Waals surface area contributed by atoms with Gasteiger partial charge in [0.2, 0.25) is 0 Å². The first-order chi connectivity index (χ1) is 64.0. The van der Waals surface area contributed by atoms with Gasteiger partial charge < -0.3 is 63.4 Å². The largest absolute Gasteiger partial charge is 0.497 e. The van der Waals surface area contributed by atoms with Crippen LogP contribution in [0.5, 0.6) is 34.5 Å². The standard InChI is InChI=1S/C47H46Cl4N2O4.C32H27F3N2O3.C31H28N2O3/c1-52(2)36-15-7-30(8-16-36)23-34(25-32-11-19-38(55-5)20-12-32)27-47(29-40-41(46(54)57-47)43(49)45(51)44(50)42(40)48)28-35(26-33-13-21-39(56-6)22-14-33)24-31-9-17-37(18-10-31)53(3)4;1-3-37(4-2)24-13-14-26-29(18-24)39-28-15-12-23(36-22-10-7-9-21(16-22)32(33,34)35)17-27(28)31(26)19-20-8-5-6-11-25(20)30(38)40-31;1-4-33(3)23-14-15-25-29(17-23)35-28-16-20(2)27(32-22-11-6-5-7-12-22)18-26(28)31(25)19-21-10-8-9-13-24(21)30(34)36-31/h7-22,27-28H,23-26,29H2,1-6H3;5-18,36H,3-4,19H2,1-2H3;5-18,32H,4,19H2,1-3H3/b34-27-,35-28-;;. The lowest BCUT2D eigenvalue weighted by molar-refractivity contribution is -0.137. The second kappa shape index (κ2) is 39.2. The molecule has 0 fully saturated rings. The van der Waals surface area contributed by atoms with Gasteiger partial charge in [-0.2, -0.15) is 13.2 Å². The highest BCUT2D eigenvalue weighted by atomic mass is 35.5. The molecule has 133 heavy (non-hydrogen) atoms. The van der Waals surface area contributed by atoms with Crippen molar-refractivity contribution in [3.8, 4) is 34.5 Å². The van der Waals surface area contributed by atoms with Gasteiger partial charge in [0.1, 0.15) is 34.5 Å². The summed E-state index contributed by atoms with van der Waals surface area (Å²) in [7, 11) is 13.4. The molecule has 5 heterocycles. The Morgan fingerprint density at radius 1 is 0.421 bits per heavy atom. The molecule has 23 heteroatoms. The maximum absolute atomic E-state index is 14.3. The molecule has 0 bridgehead atoms. The zero-order chi connectivity index (χ0) is 93.8. The number of carbonyl (C=O) groups excluding carboxylic acids is 3. The molecule has 0 aliphatic carbocycles. The van der Waals surface area contributed by atoms with Crippen molar-refractivity contribution in [2.24, 2.45) is 0 Å². The number of aryl methyl sites for hydroxylation is 1. The molecule has 0 aromatic heterocycles. The highest BCUT2D eigenvalue weighted by molar-refractivity contribution is 6.53. The lowest BCUT2D eigenvalue weighted by atomic mass is 9.75. The van der Waals surface area contributed by atoms with E-state index in [2.05, 4.69) is 162 Å². The normalized spacial score (nSPS) is 15.8. The van der Waals surface area contributed by atoms with Gasteiger partial charge in [-0.25, -0.2) is 14.4 Å². The minimum atomic E-state index is -4.46. The predicted octanol–water partition coefficient (Wildman–Crippen LogP) is 26.7. The molecule has 13 aromatic rings. The summed E-state index contributed by atoms with van der Waals surface area (Å²) in [6.45, 7) is 10.9. The Kier molecular flexibility index (Phi) is 27.4. The van der Waals surface area contributed by atoms with E-state index in [1.165, 1.54) is 6.07 Å². The van der Waals surface area contributed by atoms with Crippen molar-refractivity contribution in [3.05, 3.63) is 399 Å². The molecule has 0 amide bonds. The number of halogens is 7. The smallest absolute Gasteiger partial charge is 0.416 e. The fourth-order valence-electron chi connectivity index (χ4n) is 18.0. The molecular formula is C110H101Cl4F3N6O10. The number of nitrogens with zero attached hydrogens (tertiary/aromatic N) is 4. The minimum absolute atomic E-state index is 0.0142. The molecule has 2 unspecified atom stereocenters. The van der Waals surface area contributed by atoms with Crippen molar-refractivity contribution in [1.82, 2.24) is 0 Å². The Balaban J connectivity index is 0.000000150. The van der Waals surface area contributed by atoms with Crippen molar-refractivity contribution in [1.29, 1.82) is 0 Å². The van der Waals surface area contributed by atoms with E-state index in [0.29, 0.717) is 83.7 Å². The van der Waals surface area contributed by atoms with E-state index in [-0.39, 0.29) is 43.7 Å². The molecular weight excluding hydrogens is 1760 g/mol. The summed E-state index contributed by atoms with van der Waals surface area (Å²) in [5.41, 5.74) is 16.9. The number of anilines is 8. The Hall–Kier alpha value is -13.3. The quantitative estimate of drug-likeness (QED) is 0.0205. The lowest BCUT2D eigenvalue weighted by Gasteiger charge is -2.43. The average Bonchev–Trinajstić information content (AvgIpc) is 0.717. The average molecular weight is 1870 g/mol. The number of fused-ring (bicyclic) bond motifs is 11.